The number of esters is 2. The van der Waals surface area contributed by atoms with Gasteiger partial charge in [0.05, 0.1) is 27.7 Å². The molecule has 0 aliphatic carbocycles. The minimum absolute atomic E-state index is 0.0174. The number of allylic oxidation sites excluding steroid dienone is 22. The highest BCUT2D eigenvalue weighted by atomic mass is 31.2. The van der Waals surface area contributed by atoms with Crippen molar-refractivity contribution in [2.45, 2.75) is 187 Å². The number of ether oxygens (including phenoxy) is 2. The number of unbranched alkanes of at least 4 members (excludes halogenated alkanes) is 11. The fraction of sp³-hybridized carbons (Fsp3) is 0.600. The highest BCUT2D eigenvalue weighted by Crippen LogP contribution is 2.43. The Hall–Kier alpha value is -3.85. The van der Waals surface area contributed by atoms with Crippen molar-refractivity contribution >= 4 is 19.8 Å². The van der Waals surface area contributed by atoms with Gasteiger partial charge < -0.3 is 18.9 Å². The first-order valence-corrected chi connectivity index (χ1v) is 28.4. The summed E-state index contributed by atoms with van der Waals surface area (Å²) < 4.78 is 34.4. The van der Waals surface area contributed by atoms with Gasteiger partial charge in [-0.1, -0.05) is 192 Å². The van der Waals surface area contributed by atoms with E-state index in [1.165, 1.54) is 0 Å². The number of phosphoric ester groups is 1. The molecule has 0 amide bonds. The standard InChI is InChI=1S/C60H98NO8P/c1-6-8-10-12-14-16-18-20-22-23-24-25-26-27-28-29-30-31-32-33-34-35-36-37-39-41-43-45-47-49-51-53-60(63)69-58(57-68-70(64,65)67-55-54-61(3,4)5)56-66-59(62)52-50-48-46-44-42-40-38-21-19-17-15-13-11-9-7-2/h8-11,14-17,20-22,24-25,27-28,30-31,33-34,36-38,58H,6-7,12-13,18-19,23,26,29,32,35,39-57H2,1-5H3/p+1/b10-8-,11-9-,16-14-,17-15-,22-20-,25-24-,28-27-,31-30-,34-33-,37-36-,38-21-. The van der Waals surface area contributed by atoms with E-state index in [9.17, 15) is 19.0 Å². The van der Waals surface area contributed by atoms with Gasteiger partial charge in [-0.15, -0.1) is 0 Å². The summed E-state index contributed by atoms with van der Waals surface area (Å²) in [6.07, 6.45) is 72.3. The van der Waals surface area contributed by atoms with Crippen LogP contribution in [-0.4, -0.2) is 74.9 Å². The normalized spacial score (nSPS) is 14.4. The molecule has 1 N–H and O–H groups in total. The lowest BCUT2D eigenvalue weighted by Gasteiger charge is -2.24. The number of hydrogen-bond acceptors (Lipinski definition) is 7. The summed E-state index contributed by atoms with van der Waals surface area (Å²) >= 11 is 0. The molecule has 0 aromatic heterocycles. The molecule has 70 heavy (non-hydrogen) atoms. The van der Waals surface area contributed by atoms with Gasteiger partial charge in [-0.25, -0.2) is 4.57 Å². The van der Waals surface area contributed by atoms with Gasteiger partial charge in [0, 0.05) is 12.8 Å². The number of carbonyl (C=O) groups excluding carboxylic acids is 2. The average molecular weight is 993 g/mol. The summed E-state index contributed by atoms with van der Waals surface area (Å²) in [5.74, 6) is -0.848. The quantitative estimate of drug-likeness (QED) is 0.0211. The predicted molar refractivity (Wildman–Crippen MR) is 297 cm³/mol. The Bertz CT molecular complexity index is 1640. The van der Waals surface area contributed by atoms with E-state index in [2.05, 4.69) is 148 Å². The monoisotopic (exact) mass is 993 g/mol. The summed E-state index contributed by atoms with van der Waals surface area (Å²) in [4.78, 5) is 35.6. The van der Waals surface area contributed by atoms with Crippen molar-refractivity contribution in [3.63, 3.8) is 0 Å². The van der Waals surface area contributed by atoms with E-state index < -0.39 is 32.5 Å². The summed E-state index contributed by atoms with van der Waals surface area (Å²) in [7, 11) is 1.43. The Kier molecular flexibility index (Phi) is 47.3. The summed E-state index contributed by atoms with van der Waals surface area (Å²) in [6.45, 7) is 4.13. The molecule has 0 aromatic carbocycles. The lowest BCUT2D eigenvalue weighted by molar-refractivity contribution is -0.870. The maximum atomic E-state index is 12.8. The maximum absolute atomic E-state index is 12.8. The van der Waals surface area contributed by atoms with Gasteiger partial charge in [-0.3, -0.25) is 18.6 Å². The first-order chi connectivity index (χ1) is 34.0. The molecule has 0 heterocycles. The molecule has 0 radical (unpaired) electrons. The lowest BCUT2D eigenvalue weighted by atomic mass is 10.1. The number of phosphoric acid groups is 1. The molecule has 2 atom stereocenters. The van der Waals surface area contributed by atoms with Crippen molar-refractivity contribution in [2.75, 3.05) is 47.5 Å². The van der Waals surface area contributed by atoms with Crippen molar-refractivity contribution < 1.29 is 42.1 Å². The van der Waals surface area contributed by atoms with E-state index in [1.807, 2.05) is 21.1 Å². The smallest absolute Gasteiger partial charge is 0.462 e. The Balaban J connectivity index is 4.28. The Morgan fingerprint density at radius 2 is 0.771 bits per heavy atom. The Morgan fingerprint density at radius 1 is 0.443 bits per heavy atom. The lowest BCUT2D eigenvalue weighted by Crippen LogP contribution is -2.37. The van der Waals surface area contributed by atoms with Crippen LogP contribution in [0, 0.1) is 0 Å². The number of hydrogen-bond donors (Lipinski definition) is 1. The zero-order valence-electron chi connectivity index (χ0n) is 44.7. The van der Waals surface area contributed by atoms with Gasteiger partial charge in [0.15, 0.2) is 6.10 Å². The molecule has 10 heteroatoms. The zero-order valence-corrected chi connectivity index (χ0v) is 45.6. The van der Waals surface area contributed by atoms with Crippen LogP contribution in [0.5, 0.6) is 0 Å². The number of rotatable bonds is 47. The number of likely N-dealkylation sites (N-methyl/N-ethyl adjacent to an activating group) is 1. The first kappa shape index (κ1) is 66.2. The minimum atomic E-state index is -4.40. The third kappa shape index (κ3) is 53.5. The molecule has 9 nitrogen and oxygen atoms in total. The van der Waals surface area contributed by atoms with E-state index in [0.29, 0.717) is 23.9 Å². The Labute approximate surface area is 428 Å². The number of nitrogens with zero attached hydrogens (tertiary/aromatic N) is 1. The van der Waals surface area contributed by atoms with E-state index in [-0.39, 0.29) is 26.1 Å². The van der Waals surface area contributed by atoms with E-state index >= 15 is 0 Å². The van der Waals surface area contributed by atoms with E-state index in [1.54, 1.807) is 0 Å². The van der Waals surface area contributed by atoms with Crippen LogP contribution in [-0.2, 0) is 32.7 Å². The average Bonchev–Trinajstić information content (AvgIpc) is 3.32. The van der Waals surface area contributed by atoms with Crippen LogP contribution in [0.15, 0.2) is 134 Å². The van der Waals surface area contributed by atoms with E-state index in [0.717, 1.165) is 141 Å². The molecular formula is C60H99NO8P+. The zero-order chi connectivity index (χ0) is 51.3. The fourth-order valence-corrected chi connectivity index (χ4v) is 7.31. The van der Waals surface area contributed by atoms with Crippen LogP contribution in [0.2, 0.25) is 0 Å². The largest absolute Gasteiger partial charge is 0.472 e. The molecule has 0 rings (SSSR count). The van der Waals surface area contributed by atoms with Gasteiger partial charge >= 0.3 is 19.8 Å². The highest BCUT2D eigenvalue weighted by Gasteiger charge is 2.27. The molecule has 0 aliphatic heterocycles. The SMILES string of the molecule is CC/C=C\C/C=C\C/C=C\C/C=C\C/C=C\C/C=C\C/C=C\C/C=C\CCCCCCCCC(=O)OC(COC(=O)CCCCCCC/C=C\C/C=C\C/C=C\CC)COP(=O)(O)OCC[N+](C)(C)C. The predicted octanol–water partition coefficient (Wildman–Crippen LogP) is 16.6. The third-order valence-electron chi connectivity index (χ3n) is 10.7. The van der Waals surface area contributed by atoms with Gasteiger partial charge in [0.2, 0.25) is 0 Å². The van der Waals surface area contributed by atoms with Crippen molar-refractivity contribution in [1.29, 1.82) is 0 Å². The van der Waals surface area contributed by atoms with Crippen molar-refractivity contribution in [3.05, 3.63) is 134 Å². The molecule has 2 unspecified atom stereocenters. The third-order valence-corrected chi connectivity index (χ3v) is 11.7. The van der Waals surface area contributed by atoms with Crippen LogP contribution >= 0.6 is 7.82 Å². The summed E-state index contributed by atoms with van der Waals surface area (Å²) in [6, 6.07) is 0. The van der Waals surface area contributed by atoms with Crippen molar-refractivity contribution in [1.82, 2.24) is 0 Å². The van der Waals surface area contributed by atoms with Gasteiger partial charge in [-0.2, -0.15) is 0 Å². The van der Waals surface area contributed by atoms with Gasteiger partial charge in [0.1, 0.15) is 19.8 Å². The second-order valence-electron chi connectivity index (χ2n) is 18.5. The number of carbonyl (C=O) groups is 2. The van der Waals surface area contributed by atoms with Crippen LogP contribution in [0.25, 0.3) is 0 Å². The molecule has 0 bridgehead atoms. The van der Waals surface area contributed by atoms with E-state index in [4.69, 9.17) is 18.5 Å². The van der Waals surface area contributed by atoms with Crippen molar-refractivity contribution in [2.24, 2.45) is 0 Å². The second-order valence-corrected chi connectivity index (χ2v) is 19.9. The molecule has 396 valence electrons. The second kappa shape index (κ2) is 50.1. The Morgan fingerprint density at radius 3 is 1.14 bits per heavy atom. The van der Waals surface area contributed by atoms with Gasteiger partial charge in [-0.05, 0) is 109 Å². The molecule has 0 saturated carbocycles. The molecule has 0 spiro atoms. The number of quaternary nitrogens is 1. The minimum Gasteiger partial charge on any atom is -0.462 e. The maximum Gasteiger partial charge on any atom is 0.472 e. The van der Waals surface area contributed by atoms with Crippen LogP contribution < -0.4 is 0 Å². The van der Waals surface area contributed by atoms with Crippen LogP contribution in [0.4, 0.5) is 0 Å². The van der Waals surface area contributed by atoms with Crippen LogP contribution in [0.1, 0.15) is 181 Å². The molecule has 0 aliphatic rings. The molecule has 0 aromatic rings. The van der Waals surface area contributed by atoms with Gasteiger partial charge in [0.25, 0.3) is 0 Å². The molecular weight excluding hydrogens is 894 g/mol. The first-order valence-electron chi connectivity index (χ1n) is 26.9. The highest BCUT2D eigenvalue weighted by molar-refractivity contribution is 7.47. The molecule has 0 fully saturated rings. The fourth-order valence-electron chi connectivity index (χ4n) is 6.57. The topological polar surface area (TPSA) is 108 Å². The molecule has 0 saturated heterocycles. The van der Waals surface area contributed by atoms with Crippen molar-refractivity contribution in [3.8, 4) is 0 Å². The van der Waals surface area contributed by atoms with Crippen LogP contribution in [0.3, 0.4) is 0 Å². The summed E-state index contributed by atoms with van der Waals surface area (Å²) in [5, 5.41) is 0. The summed E-state index contributed by atoms with van der Waals surface area (Å²) in [5.41, 5.74) is 0.